The van der Waals surface area contributed by atoms with Crippen LogP contribution in [0.2, 0.25) is 0 Å². The van der Waals surface area contributed by atoms with Crippen molar-refractivity contribution in [3.8, 4) is 11.4 Å². The van der Waals surface area contributed by atoms with Crippen molar-refractivity contribution in [1.82, 2.24) is 24.9 Å². The van der Waals surface area contributed by atoms with E-state index in [4.69, 9.17) is 4.74 Å². The Labute approximate surface area is 172 Å². The molecule has 0 radical (unpaired) electrons. The topological polar surface area (TPSA) is 62.6 Å². The molecule has 7 nitrogen and oxygen atoms in total. The van der Waals surface area contributed by atoms with Gasteiger partial charge in [-0.05, 0) is 43.7 Å². The number of piperazine rings is 1. The summed E-state index contributed by atoms with van der Waals surface area (Å²) in [7, 11) is 1.65. The Morgan fingerprint density at radius 3 is 2.57 bits per heavy atom. The summed E-state index contributed by atoms with van der Waals surface area (Å²) in [5, 5.41) is 7.97. The molecule has 1 N–H and O–H groups in total. The van der Waals surface area contributed by atoms with E-state index in [1.165, 1.54) is 0 Å². The third kappa shape index (κ3) is 4.16. The molecule has 0 bridgehead atoms. The fraction of sp³-hybridized carbons (Fsp3) is 0.500. The lowest BCUT2D eigenvalue weighted by molar-refractivity contribution is 0.0767. The average molecular weight is 406 g/mol. The number of aromatic nitrogens is 2. The van der Waals surface area contributed by atoms with E-state index < -0.39 is 0 Å². The second-order valence-electron chi connectivity index (χ2n) is 7.26. The first-order chi connectivity index (χ1) is 13.2. The number of amides is 1. The third-order valence-corrected chi connectivity index (χ3v) is 5.54. The van der Waals surface area contributed by atoms with Crippen LogP contribution in [0.3, 0.4) is 0 Å². The van der Waals surface area contributed by atoms with Gasteiger partial charge in [-0.1, -0.05) is 0 Å². The molecule has 1 atom stereocenters. The largest absolute Gasteiger partial charge is 0.497 e. The molecule has 2 aliphatic heterocycles. The molecule has 2 aromatic rings. The van der Waals surface area contributed by atoms with Gasteiger partial charge in [-0.25, -0.2) is 4.68 Å². The van der Waals surface area contributed by atoms with Crippen LogP contribution in [0.5, 0.6) is 5.75 Å². The van der Waals surface area contributed by atoms with E-state index >= 15 is 0 Å². The molecule has 2 fully saturated rings. The number of nitrogens with one attached hydrogen (secondary N) is 1. The zero-order valence-corrected chi connectivity index (χ0v) is 17.2. The fourth-order valence-corrected chi connectivity index (χ4v) is 4.00. The van der Waals surface area contributed by atoms with E-state index in [9.17, 15) is 4.79 Å². The van der Waals surface area contributed by atoms with E-state index in [2.05, 4.69) is 15.3 Å². The van der Waals surface area contributed by atoms with Crippen molar-refractivity contribution in [2.75, 3.05) is 46.4 Å². The molecule has 4 rings (SSSR count). The first kappa shape index (κ1) is 20.6. The van der Waals surface area contributed by atoms with Gasteiger partial charge in [0.1, 0.15) is 5.75 Å². The van der Waals surface area contributed by atoms with Crippen LogP contribution in [0.15, 0.2) is 30.3 Å². The molecule has 1 unspecified atom stereocenters. The Hall–Kier alpha value is -2.09. The molecule has 1 aromatic heterocycles. The van der Waals surface area contributed by atoms with Crippen molar-refractivity contribution in [1.29, 1.82) is 0 Å². The Morgan fingerprint density at radius 1 is 1.18 bits per heavy atom. The van der Waals surface area contributed by atoms with Gasteiger partial charge in [0.2, 0.25) is 0 Å². The number of nitrogens with zero attached hydrogens (tertiary/aromatic N) is 4. The van der Waals surface area contributed by atoms with Crippen LogP contribution in [-0.4, -0.2) is 77.9 Å². The molecular weight excluding hydrogens is 378 g/mol. The predicted octanol–water partition coefficient (Wildman–Crippen LogP) is 1.73. The highest BCUT2D eigenvalue weighted by molar-refractivity contribution is 5.92. The van der Waals surface area contributed by atoms with Crippen LogP contribution >= 0.6 is 12.4 Å². The molecule has 2 aliphatic rings. The van der Waals surface area contributed by atoms with Gasteiger partial charge in [-0.2, -0.15) is 5.10 Å². The molecule has 1 aromatic carbocycles. The highest BCUT2D eigenvalue weighted by Gasteiger charge is 2.32. The maximum atomic E-state index is 13.0. The summed E-state index contributed by atoms with van der Waals surface area (Å²) in [6.45, 7) is 7.79. The normalized spacial score (nSPS) is 20.1. The molecule has 8 heteroatoms. The van der Waals surface area contributed by atoms with Crippen molar-refractivity contribution in [2.24, 2.45) is 0 Å². The van der Waals surface area contributed by atoms with Gasteiger partial charge in [-0.3, -0.25) is 9.69 Å². The van der Waals surface area contributed by atoms with Crippen LogP contribution in [0.1, 0.15) is 22.6 Å². The minimum absolute atomic E-state index is 0. The van der Waals surface area contributed by atoms with Gasteiger partial charge >= 0.3 is 0 Å². The number of rotatable bonds is 4. The van der Waals surface area contributed by atoms with Crippen molar-refractivity contribution >= 4 is 18.3 Å². The zero-order chi connectivity index (χ0) is 18.8. The quantitative estimate of drug-likeness (QED) is 0.839. The summed E-state index contributed by atoms with van der Waals surface area (Å²) < 4.78 is 7.02. The number of hydrogen-bond acceptors (Lipinski definition) is 5. The number of methoxy groups -OCH3 is 1. The monoisotopic (exact) mass is 405 g/mol. The number of ether oxygens (including phenoxy) is 1. The molecule has 3 heterocycles. The van der Waals surface area contributed by atoms with Crippen LogP contribution in [0.25, 0.3) is 5.69 Å². The number of benzene rings is 1. The van der Waals surface area contributed by atoms with Crippen molar-refractivity contribution in [3.63, 3.8) is 0 Å². The summed E-state index contributed by atoms with van der Waals surface area (Å²) in [6.07, 6.45) is 1.05. The highest BCUT2D eigenvalue weighted by atomic mass is 35.5. The second kappa shape index (κ2) is 8.94. The molecule has 152 valence electrons. The summed E-state index contributed by atoms with van der Waals surface area (Å²) in [5.74, 6) is 0.832. The van der Waals surface area contributed by atoms with Gasteiger partial charge in [-0.15, -0.1) is 12.4 Å². The molecular formula is C20H28ClN5O2. The Kier molecular flexibility index (Phi) is 6.59. The van der Waals surface area contributed by atoms with Crippen LogP contribution < -0.4 is 10.1 Å². The Morgan fingerprint density at radius 2 is 1.89 bits per heavy atom. The third-order valence-electron chi connectivity index (χ3n) is 5.54. The first-order valence-electron chi connectivity index (χ1n) is 9.61. The number of carbonyl (C=O) groups excluding carboxylic acids is 1. The van der Waals surface area contributed by atoms with Gasteiger partial charge in [0.25, 0.3) is 5.91 Å². The van der Waals surface area contributed by atoms with Crippen molar-refractivity contribution < 1.29 is 9.53 Å². The van der Waals surface area contributed by atoms with E-state index in [-0.39, 0.29) is 18.3 Å². The molecule has 0 spiro atoms. The number of likely N-dealkylation sites (tertiary alicyclic amines) is 1. The number of hydrogen-bond donors (Lipinski definition) is 1. The Bertz CT molecular complexity index is 801. The van der Waals surface area contributed by atoms with E-state index in [0.29, 0.717) is 11.7 Å². The van der Waals surface area contributed by atoms with Crippen molar-refractivity contribution in [2.45, 2.75) is 19.4 Å². The summed E-state index contributed by atoms with van der Waals surface area (Å²) in [5.41, 5.74) is 2.39. The first-order valence-corrected chi connectivity index (χ1v) is 9.61. The summed E-state index contributed by atoms with van der Waals surface area (Å²) in [6, 6.07) is 10.0. The molecule has 28 heavy (non-hydrogen) atoms. The number of halogens is 1. The van der Waals surface area contributed by atoms with Crippen molar-refractivity contribution in [3.05, 3.63) is 41.7 Å². The number of aryl methyl sites for hydroxylation is 1. The summed E-state index contributed by atoms with van der Waals surface area (Å²) in [4.78, 5) is 17.4. The van der Waals surface area contributed by atoms with Crippen LogP contribution in [0, 0.1) is 6.92 Å². The minimum Gasteiger partial charge on any atom is -0.497 e. The summed E-state index contributed by atoms with van der Waals surface area (Å²) >= 11 is 0. The van der Waals surface area contributed by atoms with Crippen LogP contribution in [0.4, 0.5) is 0 Å². The maximum Gasteiger partial charge on any atom is 0.274 e. The lowest BCUT2D eigenvalue weighted by Crippen LogP contribution is -2.49. The fourth-order valence-electron chi connectivity index (χ4n) is 4.00. The van der Waals surface area contributed by atoms with Gasteiger partial charge in [0.05, 0.1) is 12.8 Å². The highest BCUT2D eigenvalue weighted by Crippen LogP contribution is 2.21. The SMILES string of the molecule is COc1ccc(-n2nc(C(=O)N3CCC(N4CCNCC4)C3)cc2C)cc1.Cl. The van der Waals surface area contributed by atoms with Gasteiger partial charge < -0.3 is 15.0 Å². The molecule has 0 saturated carbocycles. The molecule has 1 amide bonds. The smallest absolute Gasteiger partial charge is 0.274 e. The zero-order valence-electron chi connectivity index (χ0n) is 16.4. The number of carbonyl (C=O) groups is 1. The van der Waals surface area contributed by atoms with Crippen LogP contribution in [-0.2, 0) is 0 Å². The van der Waals surface area contributed by atoms with Gasteiger partial charge in [0, 0.05) is 51.0 Å². The molecule has 0 aliphatic carbocycles. The minimum atomic E-state index is 0. The van der Waals surface area contributed by atoms with E-state index in [1.807, 2.05) is 46.8 Å². The van der Waals surface area contributed by atoms with E-state index in [0.717, 1.165) is 62.8 Å². The maximum absolute atomic E-state index is 13.0. The lowest BCUT2D eigenvalue weighted by Gasteiger charge is -2.32. The standard InChI is InChI=1S/C20H27N5O2.ClH/c1-15-13-19(22-25(15)16-3-5-18(27-2)6-4-16)20(26)24-10-7-17(14-24)23-11-8-21-9-12-23;/h3-6,13,17,21H,7-12,14H2,1-2H3;1H. The van der Waals surface area contributed by atoms with E-state index in [1.54, 1.807) is 7.11 Å². The lowest BCUT2D eigenvalue weighted by atomic mass is 10.2. The van der Waals surface area contributed by atoms with Gasteiger partial charge in [0.15, 0.2) is 5.69 Å². The average Bonchev–Trinajstić information content (AvgIpc) is 3.35. The second-order valence-corrected chi connectivity index (χ2v) is 7.26. The molecule has 2 saturated heterocycles. The Balaban J connectivity index is 0.00000225. The predicted molar refractivity (Wildman–Crippen MR) is 111 cm³/mol.